The lowest BCUT2D eigenvalue weighted by atomic mass is 10.1. The van der Waals surface area contributed by atoms with E-state index in [-0.39, 0.29) is 16.4 Å². The summed E-state index contributed by atoms with van der Waals surface area (Å²) in [4.78, 5) is 0.215. The molecule has 0 aliphatic heterocycles. The summed E-state index contributed by atoms with van der Waals surface area (Å²) in [6.45, 7) is 0. The third-order valence-corrected chi connectivity index (χ3v) is 4.30. The SMILES string of the molecule is O=S(=O)(C/C(=N/O)c1ccccc1)c1ccccc1. The highest BCUT2D eigenvalue weighted by Gasteiger charge is 2.18. The van der Waals surface area contributed by atoms with Gasteiger partial charge in [-0.1, -0.05) is 53.7 Å². The van der Waals surface area contributed by atoms with Crippen LogP contribution in [0.3, 0.4) is 0 Å². The average molecular weight is 275 g/mol. The number of hydrogen-bond acceptors (Lipinski definition) is 4. The molecule has 0 atom stereocenters. The molecule has 98 valence electrons. The quantitative estimate of drug-likeness (QED) is 0.529. The van der Waals surface area contributed by atoms with E-state index in [0.29, 0.717) is 5.56 Å². The molecule has 0 aliphatic rings. The number of oxime groups is 1. The predicted octanol–water partition coefficient (Wildman–Crippen LogP) is 2.34. The van der Waals surface area contributed by atoms with E-state index in [0.717, 1.165) is 0 Å². The molecule has 5 heteroatoms. The van der Waals surface area contributed by atoms with E-state index in [1.165, 1.54) is 12.1 Å². The topological polar surface area (TPSA) is 66.7 Å². The Bertz CT molecular complexity index is 664. The van der Waals surface area contributed by atoms with Gasteiger partial charge in [0.05, 0.1) is 4.90 Å². The Morgan fingerprint density at radius 1 is 0.947 bits per heavy atom. The summed E-state index contributed by atoms with van der Waals surface area (Å²) >= 11 is 0. The van der Waals surface area contributed by atoms with E-state index in [1.54, 1.807) is 42.5 Å². The first kappa shape index (κ1) is 13.3. The second kappa shape index (κ2) is 5.67. The molecule has 4 nitrogen and oxygen atoms in total. The molecule has 2 aromatic rings. The molecule has 19 heavy (non-hydrogen) atoms. The van der Waals surface area contributed by atoms with E-state index < -0.39 is 9.84 Å². The molecule has 0 amide bonds. The third kappa shape index (κ3) is 3.20. The van der Waals surface area contributed by atoms with Gasteiger partial charge in [0.25, 0.3) is 0 Å². The molecule has 2 rings (SSSR count). The van der Waals surface area contributed by atoms with Gasteiger partial charge in [0, 0.05) is 5.56 Å². The Morgan fingerprint density at radius 3 is 2.00 bits per heavy atom. The van der Waals surface area contributed by atoms with Crippen LogP contribution in [0, 0.1) is 0 Å². The van der Waals surface area contributed by atoms with Gasteiger partial charge < -0.3 is 5.21 Å². The first-order valence-corrected chi connectivity index (χ1v) is 7.33. The van der Waals surface area contributed by atoms with Crippen molar-refractivity contribution in [1.82, 2.24) is 0 Å². The molecule has 0 aromatic heterocycles. The number of benzene rings is 2. The zero-order chi connectivity index (χ0) is 13.7. The second-order valence-corrected chi connectivity index (χ2v) is 5.97. The lowest BCUT2D eigenvalue weighted by molar-refractivity contribution is 0.319. The van der Waals surface area contributed by atoms with E-state index in [4.69, 9.17) is 5.21 Å². The van der Waals surface area contributed by atoms with Gasteiger partial charge in [0.15, 0.2) is 9.84 Å². The molecule has 0 saturated heterocycles. The van der Waals surface area contributed by atoms with Crippen LogP contribution in [0.2, 0.25) is 0 Å². The fourth-order valence-electron chi connectivity index (χ4n) is 1.69. The van der Waals surface area contributed by atoms with Crippen molar-refractivity contribution in [2.75, 3.05) is 5.75 Å². The van der Waals surface area contributed by atoms with Crippen molar-refractivity contribution >= 4 is 15.5 Å². The van der Waals surface area contributed by atoms with Crippen LogP contribution < -0.4 is 0 Å². The Hall–Kier alpha value is -2.14. The smallest absolute Gasteiger partial charge is 0.184 e. The Balaban J connectivity index is 2.30. The molecular weight excluding hydrogens is 262 g/mol. The molecule has 0 bridgehead atoms. The number of rotatable bonds is 4. The van der Waals surface area contributed by atoms with Gasteiger partial charge in [0.1, 0.15) is 11.5 Å². The van der Waals surface area contributed by atoms with Gasteiger partial charge >= 0.3 is 0 Å². The van der Waals surface area contributed by atoms with Crippen LogP contribution in [-0.2, 0) is 9.84 Å². The monoisotopic (exact) mass is 275 g/mol. The standard InChI is InChI=1S/C14H13NO3S/c16-15-14(12-7-3-1-4-8-12)11-19(17,18)13-9-5-2-6-10-13/h1-10,16H,11H2/b15-14-. The molecular formula is C14H13NO3S. The van der Waals surface area contributed by atoms with Gasteiger partial charge in [-0.05, 0) is 12.1 Å². The molecule has 0 unspecified atom stereocenters. The van der Waals surface area contributed by atoms with Crippen molar-refractivity contribution in [3.8, 4) is 0 Å². The lowest BCUT2D eigenvalue weighted by Crippen LogP contribution is -2.17. The van der Waals surface area contributed by atoms with Crippen molar-refractivity contribution in [2.45, 2.75) is 4.90 Å². The first-order chi connectivity index (χ1) is 9.13. The van der Waals surface area contributed by atoms with E-state index in [9.17, 15) is 8.42 Å². The lowest BCUT2D eigenvalue weighted by Gasteiger charge is -2.06. The summed E-state index contributed by atoms with van der Waals surface area (Å²) in [6, 6.07) is 16.8. The summed E-state index contributed by atoms with van der Waals surface area (Å²) in [5.41, 5.74) is 0.717. The third-order valence-electron chi connectivity index (χ3n) is 2.66. The van der Waals surface area contributed by atoms with Gasteiger partial charge in [-0.2, -0.15) is 0 Å². The minimum atomic E-state index is -3.51. The molecule has 1 N–H and O–H groups in total. The van der Waals surface area contributed by atoms with Crippen LogP contribution in [0.1, 0.15) is 5.56 Å². The highest BCUT2D eigenvalue weighted by molar-refractivity contribution is 7.92. The first-order valence-electron chi connectivity index (χ1n) is 5.67. The van der Waals surface area contributed by atoms with Crippen molar-refractivity contribution < 1.29 is 13.6 Å². The summed E-state index contributed by atoms with van der Waals surface area (Å²) in [5.74, 6) is -0.336. The van der Waals surface area contributed by atoms with E-state index in [1.807, 2.05) is 6.07 Å². The highest BCUT2D eigenvalue weighted by atomic mass is 32.2. The molecule has 0 saturated carbocycles. The van der Waals surface area contributed by atoms with Gasteiger partial charge in [-0.15, -0.1) is 0 Å². The summed E-state index contributed by atoms with van der Waals surface area (Å²) in [7, 11) is -3.51. The molecule has 0 spiro atoms. The second-order valence-electron chi connectivity index (χ2n) is 3.98. The van der Waals surface area contributed by atoms with Crippen molar-refractivity contribution in [3.05, 3.63) is 66.2 Å². The molecule has 0 aliphatic carbocycles. The largest absolute Gasteiger partial charge is 0.411 e. The minimum Gasteiger partial charge on any atom is -0.411 e. The predicted molar refractivity (Wildman–Crippen MR) is 73.3 cm³/mol. The zero-order valence-electron chi connectivity index (χ0n) is 10.1. The van der Waals surface area contributed by atoms with Gasteiger partial charge in [0.2, 0.25) is 0 Å². The van der Waals surface area contributed by atoms with E-state index in [2.05, 4.69) is 5.16 Å². The number of sulfone groups is 1. The van der Waals surface area contributed by atoms with Crippen LogP contribution in [0.4, 0.5) is 0 Å². The Kier molecular flexibility index (Phi) is 3.97. The van der Waals surface area contributed by atoms with Crippen molar-refractivity contribution in [2.24, 2.45) is 5.16 Å². The zero-order valence-corrected chi connectivity index (χ0v) is 10.9. The number of nitrogens with zero attached hydrogens (tertiary/aromatic N) is 1. The maximum Gasteiger partial charge on any atom is 0.184 e. The normalized spacial score (nSPS) is 12.3. The maximum atomic E-state index is 12.2. The summed E-state index contributed by atoms with van der Waals surface area (Å²) < 4.78 is 24.4. The van der Waals surface area contributed by atoms with Gasteiger partial charge in [-0.3, -0.25) is 0 Å². The average Bonchev–Trinajstić information content (AvgIpc) is 2.47. The van der Waals surface area contributed by atoms with Crippen LogP contribution in [0.5, 0.6) is 0 Å². The Labute approximate surface area is 111 Å². The highest BCUT2D eigenvalue weighted by Crippen LogP contribution is 2.13. The molecule has 0 heterocycles. The van der Waals surface area contributed by atoms with Crippen molar-refractivity contribution in [1.29, 1.82) is 0 Å². The molecule has 0 fully saturated rings. The molecule has 0 radical (unpaired) electrons. The Morgan fingerprint density at radius 2 is 1.47 bits per heavy atom. The maximum absolute atomic E-state index is 12.2. The minimum absolute atomic E-state index is 0.129. The summed E-state index contributed by atoms with van der Waals surface area (Å²) in [6.07, 6.45) is 0. The van der Waals surface area contributed by atoms with Crippen LogP contribution in [0.15, 0.2) is 70.7 Å². The fraction of sp³-hybridized carbons (Fsp3) is 0.0714. The summed E-state index contributed by atoms with van der Waals surface area (Å²) in [5, 5.41) is 12.1. The molecule has 2 aromatic carbocycles. The number of hydrogen-bond donors (Lipinski definition) is 1. The van der Waals surface area contributed by atoms with Crippen LogP contribution in [-0.4, -0.2) is 25.1 Å². The van der Waals surface area contributed by atoms with Crippen LogP contribution in [0.25, 0.3) is 0 Å². The van der Waals surface area contributed by atoms with Crippen LogP contribution >= 0.6 is 0 Å². The van der Waals surface area contributed by atoms with Crippen molar-refractivity contribution in [3.63, 3.8) is 0 Å². The van der Waals surface area contributed by atoms with E-state index >= 15 is 0 Å². The van der Waals surface area contributed by atoms with Gasteiger partial charge in [-0.25, -0.2) is 8.42 Å². The fourth-order valence-corrected chi connectivity index (χ4v) is 3.01.